The molecular weight excluding hydrogens is 242 g/mol. The first-order valence-electron chi connectivity index (χ1n) is 5.03. The van der Waals surface area contributed by atoms with Crippen molar-refractivity contribution >= 4 is 28.5 Å². The summed E-state index contributed by atoms with van der Waals surface area (Å²) in [5.74, 6) is -0.480. The van der Waals surface area contributed by atoms with E-state index in [0.29, 0.717) is 5.13 Å². The van der Waals surface area contributed by atoms with Gasteiger partial charge in [-0.05, 0) is 20.8 Å². The molecule has 0 unspecified atom stereocenters. The van der Waals surface area contributed by atoms with Crippen molar-refractivity contribution in [2.75, 3.05) is 11.9 Å². The Balaban J connectivity index is 2.26. The fourth-order valence-corrected chi connectivity index (χ4v) is 1.48. The van der Waals surface area contributed by atoms with Crippen LogP contribution in [0.15, 0.2) is 11.6 Å². The minimum Gasteiger partial charge on any atom is -0.459 e. The Labute approximate surface area is 103 Å². The van der Waals surface area contributed by atoms with Gasteiger partial charge in [0, 0.05) is 11.6 Å². The van der Waals surface area contributed by atoms with Crippen molar-refractivity contribution in [1.29, 1.82) is 0 Å². The van der Waals surface area contributed by atoms with E-state index in [9.17, 15) is 9.59 Å². The fraction of sp³-hybridized carbons (Fsp3) is 0.500. The van der Waals surface area contributed by atoms with Gasteiger partial charge in [0.15, 0.2) is 5.13 Å². The molecule has 6 nitrogen and oxygen atoms in total. The monoisotopic (exact) mass is 257 g/mol. The van der Waals surface area contributed by atoms with Crippen molar-refractivity contribution in [3.05, 3.63) is 11.6 Å². The van der Waals surface area contributed by atoms with Gasteiger partial charge >= 0.3 is 12.0 Å². The van der Waals surface area contributed by atoms with Crippen molar-refractivity contribution in [2.45, 2.75) is 26.4 Å². The van der Waals surface area contributed by atoms with E-state index in [1.54, 1.807) is 32.3 Å². The highest BCUT2D eigenvalue weighted by Gasteiger charge is 2.16. The first-order valence-corrected chi connectivity index (χ1v) is 5.91. The van der Waals surface area contributed by atoms with E-state index in [2.05, 4.69) is 15.6 Å². The number of hydrogen-bond donors (Lipinski definition) is 2. The summed E-state index contributed by atoms with van der Waals surface area (Å²) in [6.45, 7) is 5.12. The van der Waals surface area contributed by atoms with Crippen LogP contribution < -0.4 is 10.6 Å². The van der Waals surface area contributed by atoms with Gasteiger partial charge in [0.2, 0.25) is 0 Å². The molecule has 1 rings (SSSR count). The Kier molecular flexibility index (Phi) is 4.45. The number of urea groups is 1. The number of amides is 2. The molecule has 7 heteroatoms. The summed E-state index contributed by atoms with van der Waals surface area (Å²) >= 11 is 1.30. The van der Waals surface area contributed by atoms with E-state index in [1.165, 1.54) is 11.3 Å². The summed E-state index contributed by atoms with van der Waals surface area (Å²) in [5, 5.41) is 7.09. The van der Waals surface area contributed by atoms with Crippen molar-refractivity contribution in [1.82, 2.24) is 10.3 Å². The van der Waals surface area contributed by atoms with Crippen molar-refractivity contribution in [3.63, 3.8) is 0 Å². The highest BCUT2D eigenvalue weighted by Crippen LogP contribution is 2.09. The fourth-order valence-electron chi connectivity index (χ4n) is 0.957. The number of nitrogens with zero attached hydrogens (tertiary/aromatic N) is 1. The first-order chi connectivity index (χ1) is 7.87. The maximum atomic E-state index is 11.3. The molecular formula is C10H15N3O3S. The number of ether oxygens (including phenoxy) is 1. The Bertz CT molecular complexity index is 384. The van der Waals surface area contributed by atoms with E-state index in [4.69, 9.17) is 4.74 Å². The van der Waals surface area contributed by atoms with Crippen LogP contribution >= 0.6 is 11.3 Å². The third kappa shape index (κ3) is 5.86. The lowest BCUT2D eigenvalue weighted by Gasteiger charge is -2.19. The quantitative estimate of drug-likeness (QED) is 0.806. The Hall–Kier alpha value is -1.63. The second-order valence-corrected chi connectivity index (χ2v) is 5.13. The van der Waals surface area contributed by atoms with E-state index >= 15 is 0 Å². The number of carbonyl (C=O) groups excluding carboxylic acids is 2. The summed E-state index contributed by atoms with van der Waals surface area (Å²) < 4.78 is 5.03. The van der Waals surface area contributed by atoms with Gasteiger partial charge in [0.25, 0.3) is 0 Å². The highest BCUT2D eigenvalue weighted by atomic mass is 32.1. The topological polar surface area (TPSA) is 80.3 Å². The predicted molar refractivity (Wildman–Crippen MR) is 65.0 cm³/mol. The molecule has 0 aliphatic heterocycles. The van der Waals surface area contributed by atoms with Crippen molar-refractivity contribution in [2.24, 2.45) is 0 Å². The molecule has 0 aromatic carbocycles. The SMILES string of the molecule is CC(C)(C)OC(=O)CNC(=O)Nc1nccs1. The minimum atomic E-state index is -0.551. The molecule has 0 radical (unpaired) electrons. The van der Waals surface area contributed by atoms with E-state index in [1.807, 2.05) is 0 Å². The second kappa shape index (κ2) is 5.62. The molecule has 17 heavy (non-hydrogen) atoms. The molecule has 0 aliphatic carbocycles. The maximum Gasteiger partial charge on any atom is 0.325 e. The Morgan fingerprint density at radius 3 is 2.71 bits per heavy atom. The predicted octanol–water partition coefficient (Wildman–Crippen LogP) is 1.61. The molecule has 1 aromatic heterocycles. The Morgan fingerprint density at radius 1 is 1.47 bits per heavy atom. The van der Waals surface area contributed by atoms with Crippen LogP contribution in [0.2, 0.25) is 0 Å². The van der Waals surface area contributed by atoms with Crippen LogP contribution in [-0.4, -0.2) is 29.1 Å². The van der Waals surface area contributed by atoms with E-state index in [-0.39, 0.29) is 6.54 Å². The normalized spacial score (nSPS) is 10.8. The molecule has 0 saturated heterocycles. The smallest absolute Gasteiger partial charge is 0.325 e. The lowest BCUT2D eigenvalue weighted by atomic mass is 10.2. The van der Waals surface area contributed by atoms with Crippen molar-refractivity contribution < 1.29 is 14.3 Å². The molecule has 0 aliphatic rings. The number of anilines is 1. The van der Waals surface area contributed by atoms with Crippen LogP contribution in [0.25, 0.3) is 0 Å². The second-order valence-electron chi connectivity index (χ2n) is 4.23. The standard InChI is InChI=1S/C10H15N3O3S/c1-10(2,3)16-7(14)6-12-8(15)13-9-11-4-5-17-9/h4-5H,6H2,1-3H3,(H2,11,12,13,15). The number of esters is 1. The van der Waals surface area contributed by atoms with Gasteiger partial charge in [-0.15, -0.1) is 11.3 Å². The number of thiazole rings is 1. The van der Waals surface area contributed by atoms with Crippen LogP contribution in [0.1, 0.15) is 20.8 Å². The third-order valence-electron chi connectivity index (χ3n) is 1.47. The minimum absolute atomic E-state index is 0.172. The molecule has 1 heterocycles. The Morgan fingerprint density at radius 2 is 2.18 bits per heavy atom. The van der Waals surface area contributed by atoms with E-state index < -0.39 is 17.6 Å². The third-order valence-corrected chi connectivity index (χ3v) is 2.15. The zero-order valence-electron chi connectivity index (χ0n) is 9.94. The molecule has 0 spiro atoms. The van der Waals surface area contributed by atoms with Crippen LogP contribution in [0.4, 0.5) is 9.93 Å². The van der Waals surface area contributed by atoms with Gasteiger partial charge in [-0.25, -0.2) is 9.78 Å². The molecule has 0 atom stereocenters. The van der Waals surface area contributed by atoms with E-state index in [0.717, 1.165) is 0 Å². The molecule has 2 N–H and O–H groups in total. The van der Waals surface area contributed by atoms with Gasteiger partial charge < -0.3 is 10.1 Å². The summed E-state index contributed by atoms with van der Waals surface area (Å²) in [6.07, 6.45) is 1.58. The zero-order chi connectivity index (χ0) is 12.9. The van der Waals surface area contributed by atoms with Crippen LogP contribution in [0.5, 0.6) is 0 Å². The highest BCUT2D eigenvalue weighted by molar-refractivity contribution is 7.13. The lowest BCUT2D eigenvalue weighted by Crippen LogP contribution is -2.36. The molecule has 0 bridgehead atoms. The molecule has 0 saturated carbocycles. The maximum absolute atomic E-state index is 11.3. The number of hydrogen-bond acceptors (Lipinski definition) is 5. The number of nitrogens with one attached hydrogen (secondary N) is 2. The first kappa shape index (κ1) is 13.4. The van der Waals surface area contributed by atoms with Gasteiger partial charge in [-0.3, -0.25) is 10.1 Å². The van der Waals surface area contributed by atoms with Crippen LogP contribution in [-0.2, 0) is 9.53 Å². The largest absolute Gasteiger partial charge is 0.459 e. The molecule has 0 fully saturated rings. The summed E-state index contributed by atoms with van der Waals surface area (Å²) in [6, 6.07) is -0.481. The van der Waals surface area contributed by atoms with Crippen LogP contribution in [0, 0.1) is 0 Å². The molecule has 1 aromatic rings. The molecule has 2 amide bonds. The molecule has 94 valence electrons. The number of aromatic nitrogens is 1. The number of carbonyl (C=O) groups is 2. The summed E-state index contributed by atoms with van der Waals surface area (Å²) in [7, 11) is 0. The average Bonchev–Trinajstić information content (AvgIpc) is 2.64. The summed E-state index contributed by atoms with van der Waals surface area (Å²) in [4.78, 5) is 26.5. The number of rotatable bonds is 3. The van der Waals surface area contributed by atoms with Gasteiger partial charge in [0.05, 0.1) is 0 Å². The van der Waals surface area contributed by atoms with Gasteiger partial charge in [-0.1, -0.05) is 0 Å². The van der Waals surface area contributed by atoms with Crippen LogP contribution in [0.3, 0.4) is 0 Å². The van der Waals surface area contributed by atoms with Gasteiger partial charge in [0.1, 0.15) is 12.1 Å². The lowest BCUT2D eigenvalue weighted by molar-refractivity contribution is -0.153. The van der Waals surface area contributed by atoms with Gasteiger partial charge in [-0.2, -0.15) is 0 Å². The summed E-state index contributed by atoms with van der Waals surface area (Å²) in [5.41, 5.74) is -0.551. The van der Waals surface area contributed by atoms with Crippen molar-refractivity contribution in [3.8, 4) is 0 Å². The average molecular weight is 257 g/mol. The zero-order valence-corrected chi connectivity index (χ0v) is 10.8.